The number of hydrogen-bond donors (Lipinski definition) is 1. The summed E-state index contributed by atoms with van der Waals surface area (Å²) in [5.74, 6) is 0.922. The van der Waals surface area contributed by atoms with Crippen LogP contribution in [-0.4, -0.2) is 84.3 Å². The maximum Gasteiger partial charge on any atom is 0.269 e. The molecule has 0 atom stereocenters. The molecule has 1 heterocycles. The Morgan fingerprint density at radius 2 is 1.17 bits per heavy atom. The van der Waals surface area contributed by atoms with Crippen LogP contribution in [0.4, 0.5) is 5.69 Å². The predicted octanol–water partition coefficient (Wildman–Crippen LogP) is 6.65. The number of nitro benzene ring substituents is 1. The lowest BCUT2D eigenvalue weighted by atomic mass is 9.96. The Labute approximate surface area is 317 Å². The van der Waals surface area contributed by atoms with Crippen LogP contribution in [0.1, 0.15) is 64.7 Å². The van der Waals surface area contributed by atoms with Gasteiger partial charge >= 0.3 is 0 Å². The number of nitro groups is 1. The second-order valence-electron chi connectivity index (χ2n) is 12.9. The maximum absolute atomic E-state index is 13.2. The number of unbranched alkanes of at least 4 members (excludes halogenated alkanes) is 7. The largest absolute Gasteiger partial charge is 0.487 e. The molecule has 0 aliphatic carbocycles. The van der Waals surface area contributed by atoms with Crippen molar-refractivity contribution < 1.29 is 51.3 Å². The standard InChI is InChI=1S/C39H52N2O12S/c1-2-3-4-5-6-7-8-13-22-39(53-29-38(42)40-54(45,46)33-20-18-32(19-21-33)41(43)44)30-51-36-16-11-9-14-34(36)49-27-25-47-23-24-48-26-28-50-35-15-10-12-17-37(35)52-31-39/h9-12,14-21H,2-8,13,22-31H2,1H3,(H,40,42). The molecule has 1 aliphatic heterocycles. The van der Waals surface area contributed by atoms with Gasteiger partial charge in [0.2, 0.25) is 0 Å². The molecule has 0 spiro atoms. The molecule has 15 heteroatoms. The van der Waals surface area contributed by atoms with E-state index in [1.54, 1.807) is 24.3 Å². The first kappa shape index (κ1) is 42.3. The van der Waals surface area contributed by atoms with Gasteiger partial charge in [-0.2, -0.15) is 0 Å². The molecule has 54 heavy (non-hydrogen) atoms. The monoisotopic (exact) mass is 772 g/mol. The average molecular weight is 773 g/mol. The number of nitrogens with zero attached hydrogens (tertiary/aromatic N) is 1. The number of fused-ring (bicyclic) bond motifs is 2. The molecule has 0 aromatic heterocycles. The second kappa shape index (κ2) is 22.7. The van der Waals surface area contributed by atoms with Crippen LogP contribution in [0.15, 0.2) is 77.7 Å². The normalized spacial score (nSPS) is 15.6. The van der Waals surface area contributed by atoms with E-state index >= 15 is 0 Å². The topological polar surface area (TPSA) is 171 Å². The quantitative estimate of drug-likeness (QED) is 0.0993. The van der Waals surface area contributed by atoms with Crippen LogP contribution >= 0.6 is 0 Å². The molecule has 3 aromatic carbocycles. The fourth-order valence-electron chi connectivity index (χ4n) is 5.67. The van der Waals surface area contributed by atoms with E-state index in [1.165, 1.54) is 19.3 Å². The number of rotatable bonds is 15. The Morgan fingerprint density at radius 1 is 0.704 bits per heavy atom. The van der Waals surface area contributed by atoms with E-state index < -0.39 is 33.1 Å². The third kappa shape index (κ3) is 14.4. The Balaban J connectivity index is 1.58. The zero-order valence-electron chi connectivity index (χ0n) is 30.9. The highest BCUT2D eigenvalue weighted by atomic mass is 32.2. The molecule has 3 aromatic rings. The number of amides is 1. The van der Waals surface area contributed by atoms with E-state index in [-0.39, 0.29) is 37.0 Å². The average Bonchev–Trinajstić information content (AvgIpc) is 3.17. The van der Waals surface area contributed by atoms with Gasteiger partial charge in [0.1, 0.15) is 38.6 Å². The first-order valence-corrected chi connectivity index (χ1v) is 20.0. The summed E-state index contributed by atoms with van der Waals surface area (Å²) in [6.45, 7) is 3.38. The number of non-ortho nitro benzene ring substituents is 1. The van der Waals surface area contributed by atoms with E-state index in [1.807, 2.05) is 29.0 Å². The van der Waals surface area contributed by atoms with Gasteiger partial charge < -0.3 is 33.2 Å². The predicted molar refractivity (Wildman–Crippen MR) is 201 cm³/mol. The minimum atomic E-state index is -4.36. The summed E-state index contributed by atoms with van der Waals surface area (Å²) in [6.07, 6.45) is 8.90. The van der Waals surface area contributed by atoms with Crippen LogP contribution in [0.25, 0.3) is 0 Å². The first-order chi connectivity index (χ1) is 26.2. The summed E-state index contributed by atoms with van der Waals surface area (Å²) in [4.78, 5) is 23.3. The molecule has 0 bridgehead atoms. The Hall–Kier alpha value is -4.44. The molecular weight excluding hydrogens is 720 g/mol. The lowest BCUT2D eigenvalue weighted by molar-refractivity contribution is -0.384. The Bertz CT molecular complexity index is 1630. The van der Waals surface area contributed by atoms with Crippen molar-refractivity contribution >= 4 is 21.6 Å². The highest BCUT2D eigenvalue weighted by Gasteiger charge is 2.35. The van der Waals surface area contributed by atoms with E-state index in [0.29, 0.717) is 62.3 Å². The molecule has 1 amide bonds. The number of carbonyl (C=O) groups excluding carboxylic acids is 1. The van der Waals surface area contributed by atoms with Gasteiger partial charge in [-0.3, -0.25) is 14.9 Å². The minimum absolute atomic E-state index is 0.0698. The van der Waals surface area contributed by atoms with Gasteiger partial charge in [0.15, 0.2) is 23.0 Å². The summed E-state index contributed by atoms with van der Waals surface area (Å²) in [6, 6.07) is 18.6. The van der Waals surface area contributed by atoms with Crippen molar-refractivity contribution in [3.63, 3.8) is 0 Å². The van der Waals surface area contributed by atoms with Gasteiger partial charge in [-0.05, 0) is 42.8 Å². The first-order valence-electron chi connectivity index (χ1n) is 18.5. The van der Waals surface area contributed by atoms with Crippen LogP contribution in [0.5, 0.6) is 23.0 Å². The molecule has 4 rings (SSSR count). The number of hydrogen-bond acceptors (Lipinski definition) is 12. The highest BCUT2D eigenvalue weighted by molar-refractivity contribution is 7.90. The number of para-hydroxylation sites is 4. The van der Waals surface area contributed by atoms with Crippen molar-refractivity contribution in [3.05, 3.63) is 82.9 Å². The van der Waals surface area contributed by atoms with Gasteiger partial charge in [0.05, 0.1) is 36.2 Å². The zero-order valence-corrected chi connectivity index (χ0v) is 31.7. The number of carbonyl (C=O) groups is 1. The number of ether oxygens (including phenoxy) is 7. The number of sulfonamides is 1. The van der Waals surface area contributed by atoms with E-state index in [9.17, 15) is 23.3 Å². The molecule has 0 saturated heterocycles. The third-order valence-electron chi connectivity index (χ3n) is 8.62. The van der Waals surface area contributed by atoms with Gasteiger partial charge in [-0.1, -0.05) is 82.6 Å². The summed E-state index contributed by atoms with van der Waals surface area (Å²) in [7, 11) is -4.36. The molecule has 0 unspecified atom stereocenters. The summed E-state index contributed by atoms with van der Waals surface area (Å²) in [5.41, 5.74) is -1.53. The molecule has 1 aliphatic rings. The van der Waals surface area contributed by atoms with Crippen LogP contribution in [0.2, 0.25) is 0 Å². The van der Waals surface area contributed by atoms with Crippen molar-refractivity contribution in [1.82, 2.24) is 4.72 Å². The van der Waals surface area contributed by atoms with Crippen LogP contribution < -0.4 is 23.7 Å². The summed E-state index contributed by atoms with van der Waals surface area (Å²) in [5, 5.41) is 11.1. The number of nitrogens with one attached hydrogen (secondary N) is 1. The molecule has 296 valence electrons. The molecule has 1 N–H and O–H groups in total. The van der Waals surface area contributed by atoms with Crippen LogP contribution in [0.3, 0.4) is 0 Å². The van der Waals surface area contributed by atoms with Crippen molar-refractivity contribution in [3.8, 4) is 23.0 Å². The van der Waals surface area contributed by atoms with Gasteiger partial charge in [0.25, 0.3) is 21.6 Å². The Morgan fingerprint density at radius 3 is 1.67 bits per heavy atom. The zero-order chi connectivity index (χ0) is 38.5. The maximum atomic E-state index is 13.2. The van der Waals surface area contributed by atoms with Gasteiger partial charge in [0, 0.05) is 12.1 Å². The molecular formula is C39H52N2O12S. The van der Waals surface area contributed by atoms with Crippen LogP contribution in [-0.2, 0) is 29.0 Å². The van der Waals surface area contributed by atoms with E-state index in [2.05, 4.69) is 6.92 Å². The SMILES string of the molecule is CCCCCCCCCCC1(OCC(=O)NS(=O)(=O)c2ccc([N+](=O)[O-])cc2)COc2ccccc2OCCOCCOCCOc2ccccc2OC1. The van der Waals surface area contributed by atoms with E-state index in [0.717, 1.165) is 49.9 Å². The fourth-order valence-corrected chi connectivity index (χ4v) is 6.64. The Kier molecular flexibility index (Phi) is 17.8. The second-order valence-corrected chi connectivity index (χ2v) is 14.6. The third-order valence-corrected chi connectivity index (χ3v) is 10.0. The molecule has 0 fully saturated rings. The van der Waals surface area contributed by atoms with Crippen molar-refractivity contribution in [1.29, 1.82) is 0 Å². The van der Waals surface area contributed by atoms with Gasteiger partial charge in [-0.15, -0.1) is 0 Å². The van der Waals surface area contributed by atoms with Crippen LogP contribution in [0, 0.1) is 10.1 Å². The summed E-state index contributed by atoms with van der Waals surface area (Å²) < 4.78 is 70.5. The number of benzene rings is 3. The lowest BCUT2D eigenvalue weighted by Crippen LogP contribution is -2.47. The lowest BCUT2D eigenvalue weighted by Gasteiger charge is -2.34. The summed E-state index contributed by atoms with van der Waals surface area (Å²) >= 11 is 0. The van der Waals surface area contributed by atoms with Crippen molar-refractivity contribution in [2.24, 2.45) is 0 Å². The smallest absolute Gasteiger partial charge is 0.269 e. The molecule has 14 nitrogen and oxygen atoms in total. The van der Waals surface area contributed by atoms with Gasteiger partial charge in [-0.25, -0.2) is 13.1 Å². The highest BCUT2D eigenvalue weighted by Crippen LogP contribution is 2.32. The van der Waals surface area contributed by atoms with Crippen molar-refractivity contribution in [2.75, 3.05) is 59.5 Å². The van der Waals surface area contributed by atoms with Crippen molar-refractivity contribution in [2.45, 2.75) is 75.2 Å². The molecule has 0 saturated carbocycles. The molecule has 0 radical (unpaired) electrons. The minimum Gasteiger partial charge on any atom is -0.487 e. The fraction of sp³-hybridized carbons (Fsp3) is 0.513. The van der Waals surface area contributed by atoms with E-state index in [4.69, 9.17) is 33.2 Å².